The third kappa shape index (κ3) is 3.23. The molecule has 0 saturated carbocycles. The van der Waals surface area contributed by atoms with E-state index >= 15 is 0 Å². The van der Waals surface area contributed by atoms with E-state index in [1.807, 2.05) is 26.0 Å². The normalized spacial score (nSPS) is 12.2. The number of aliphatic carboxylic acids is 1. The monoisotopic (exact) mass is 285 g/mol. The van der Waals surface area contributed by atoms with Crippen LogP contribution in [0.4, 0.5) is 5.69 Å². The van der Waals surface area contributed by atoms with E-state index in [1.165, 1.54) is 0 Å². The van der Waals surface area contributed by atoms with E-state index in [4.69, 9.17) is 5.11 Å². The van der Waals surface area contributed by atoms with Gasteiger partial charge in [-0.3, -0.25) is 4.79 Å². The minimum Gasteiger partial charge on any atom is -0.481 e. The van der Waals surface area contributed by atoms with Crippen LogP contribution in [-0.2, 0) is 4.79 Å². The molecule has 0 aliphatic heterocycles. The highest BCUT2D eigenvalue weighted by molar-refractivity contribution is 9.10. The van der Waals surface area contributed by atoms with Crippen molar-refractivity contribution in [2.45, 2.75) is 20.8 Å². The quantitative estimate of drug-likeness (QED) is 0.893. The number of carbonyl (C=O) groups is 1. The molecule has 0 aliphatic carbocycles. The van der Waals surface area contributed by atoms with Crippen molar-refractivity contribution in [1.82, 2.24) is 0 Å². The molecular formula is C12H16BrNO2. The highest BCUT2D eigenvalue weighted by Crippen LogP contribution is 2.25. The van der Waals surface area contributed by atoms with Crippen molar-refractivity contribution in [2.75, 3.05) is 11.9 Å². The number of benzene rings is 1. The second-order valence-electron chi connectivity index (χ2n) is 4.04. The van der Waals surface area contributed by atoms with Crippen LogP contribution in [0.2, 0.25) is 0 Å². The van der Waals surface area contributed by atoms with Crippen LogP contribution in [0.15, 0.2) is 16.6 Å². The summed E-state index contributed by atoms with van der Waals surface area (Å²) in [5, 5.41) is 11.9. The Kier molecular flexibility index (Phi) is 4.35. The van der Waals surface area contributed by atoms with Gasteiger partial charge in [-0.2, -0.15) is 0 Å². The zero-order chi connectivity index (χ0) is 12.3. The summed E-state index contributed by atoms with van der Waals surface area (Å²) >= 11 is 3.49. The summed E-state index contributed by atoms with van der Waals surface area (Å²) in [6, 6.07) is 4.01. The molecule has 0 fully saturated rings. The van der Waals surface area contributed by atoms with Crippen molar-refractivity contribution >= 4 is 27.6 Å². The number of carboxylic acids is 1. The average Bonchev–Trinajstić information content (AvgIpc) is 2.22. The Morgan fingerprint density at radius 2 is 1.94 bits per heavy atom. The number of hydrogen-bond donors (Lipinski definition) is 2. The molecule has 0 bridgehead atoms. The van der Waals surface area contributed by atoms with Crippen molar-refractivity contribution in [1.29, 1.82) is 0 Å². The van der Waals surface area contributed by atoms with Gasteiger partial charge in [0, 0.05) is 16.7 Å². The molecule has 88 valence electrons. The fourth-order valence-corrected chi connectivity index (χ4v) is 1.64. The SMILES string of the molecule is Cc1cc(NCC(C)C(=O)O)cc(C)c1Br. The van der Waals surface area contributed by atoms with E-state index in [9.17, 15) is 4.79 Å². The molecule has 0 aromatic heterocycles. The minimum absolute atomic E-state index is 0.385. The first-order chi connectivity index (χ1) is 7.41. The maximum absolute atomic E-state index is 10.7. The highest BCUT2D eigenvalue weighted by Gasteiger charge is 2.10. The molecule has 0 saturated heterocycles. The number of nitrogens with one attached hydrogen (secondary N) is 1. The molecule has 3 nitrogen and oxygen atoms in total. The lowest BCUT2D eigenvalue weighted by Crippen LogP contribution is -2.19. The van der Waals surface area contributed by atoms with Gasteiger partial charge in [-0.25, -0.2) is 0 Å². The first-order valence-electron chi connectivity index (χ1n) is 5.15. The third-order valence-corrected chi connectivity index (χ3v) is 3.72. The molecule has 1 atom stereocenters. The van der Waals surface area contributed by atoms with Crippen LogP contribution in [0, 0.1) is 19.8 Å². The van der Waals surface area contributed by atoms with E-state index in [2.05, 4.69) is 21.2 Å². The van der Waals surface area contributed by atoms with Crippen LogP contribution in [0.3, 0.4) is 0 Å². The molecule has 0 radical (unpaired) electrons. The molecule has 1 rings (SSSR count). The van der Waals surface area contributed by atoms with Gasteiger partial charge in [0.1, 0.15) is 0 Å². The summed E-state index contributed by atoms with van der Waals surface area (Å²) in [5.41, 5.74) is 3.25. The van der Waals surface area contributed by atoms with Crippen LogP contribution in [0.1, 0.15) is 18.1 Å². The van der Waals surface area contributed by atoms with Crippen molar-refractivity contribution < 1.29 is 9.90 Å². The average molecular weight is 286 g/mol. The van der Waals surface area contributed by atoms with Gasteiger partial charge in [0.2, 0.25) is 0 Å². The Hall–Kier alpha value is -1.03. The van der Waals surface area contributed by atoms with Gasteiger partial charge in [-0.15, -0.1) is 0 Å². The van der Waals surface area contributed by atoms with E-state index < -0.39 is 5.97 Å². The Labute approximate surface area is 104 Å². The molecule has 0 spiro atoms. The van der Waals surface area contributed by atoms with E-state index in [-0.39, 0.29) is 5.92 Å². The number of rotatable bonds is 4. The molecule has 2 N–H and O–H groups in total. The van der Waals surface area contributed by atoms with Crippen LogP contribution >= 0.6 is 15.9 Å². The number of halogens is 1. The maximum atomic E-state index is 10.7. The van der Waals surface area contributed by atoms with Crippen molar-refractivity contribution in [3.05, 3.63) is 27.7 Å². The van der Waals surface area contributed by atoms with E-state index in [0.29, 0.717) is 6.54 Å². The summed E-state index contributed by atoms with van der Waals surface area (Å²) in [7, 11) is 0. The lowest BCUT2D eigenvalue weighted by atomic mass is 10.1. The van der Waals surface area contributed by atoms with Gasteiger partial charge in [0.25, 0.3) is 0 Å². The summed E-state index contributed by atoms with van der Waals surface area (Å²) in [6.07, 6.45) is 0. The molecule has 0 amide bonds. The minimum atomic E-state index is -0.780. The van der Waals surface area contributed by atoms with Crippen LogP contribution in [-0.4, -0.2) is 17.6 Å². The second-order valence-corrected chi connectivity index (χ2v) is 4.84. The smallest absolute Gasteiger partial charge is 0.308 e. The summed E-state index contributed by atoms with van der Waals surface area (Å²) in [5.74, 6) is -1.16. The fourth-order valence-electron chi connectivity index (χ4n) is 1.41. The molecule has 1 aromatic carbocycles. The lowest BCUT2D eigenvalue weighted by Gasteiger charge is -2.12. The van der Waals surface area contributed by atoms with E-state index in [1.54, 1.807) is 6.92 Å². The largest absolute Gasteiger partial charge is 0.481 e. The number of aryl methyl sites for hydroxylation is 2. The Morgan fingerprint density at radius 1 is 1.44 bits per heavy atom. The van der Waals surface area contributed by atoms with Crippen LogP contribution in [0.25, 0.3) is 0 Å². The summed E-state index contributed by atoms with van der Waals surface area (Å²) in [4.78, 5) is 10.7. The van der Waals surface area contributed by atoms with Gasteiger partial charge in [-0.1, -0.05) is 22.9 Å². The van der Waals surface area contributed by atoms with Gasteiger partial charge in [0.05, 0.1) is 5.92 Å². The molecule has 0 aliphatic rings. The summed E-state index contributed by atoms with van der Waals surface area (Å²) < 4.78 is 1.10. The second kappa shape index (κ2) is 5.34. The Bertz CT molecular complexity index is 381. The van der Waals surface area contributed by atoms with Crippen molar-refractivity contribution in [3.63, 3.8) is 0 Å². The fraction of sp³-hybridized carbons (Fsp3) is 0.417. The summed E-state index contributed by atoms with van der Waals surface area (Å²) in [6.45, 7) is 6.16. The van der Waals surface area contributed by atoms with E-state index in [0.717, 1.165) is 21.3 Å². The number of anilines is 1. The van der Waals surface area contributed by atoms with Crippen LogP contribution < -0.4 is 5.32 Å². The lowest BCUT2D eigenvalue weighted by molar-refractivity contribution is -0.140. The number of hydrogen-bond acceptors (Lipinski definition) is 2. The predicted molar refractivity (Wildman–Crippen MR) is 68.9 cm³/mol. The van der Waals surface area contributed by atoms with Crippen LogP contribution in [0.5, 0.6) is 0 Å². The zero-order valence-electron chi connectivity index (χ0n) is 9.67. The van der Waals surface area contributed by atoms with Gasteiger partial charge in [-0.05, 0) is 37.1 Å². The van der Waals surface area contributed by atoms with Gasteiger partial charge in [0.15, 0.2) is 0 Å². The van der Waals surface area contributed by atoms with Crippen molar-refractivity contribution in [3.8, 4) is 0 Å². The van der Waals surface area contributed by atoms with Gasteiger partial charge < -0.3 is 10.4 Å². The molecule has 1 unspecified atom stereocenters. The standard InChI is InChI=1S/C12H16BrNO2/c1-7-4-10(5-8(2)11(7)13)14-6-9(3)12(15)16/h4-5,9,14H,6H2,1-3H3,(H,15,16). The molecule has 16 heavy (non-hydrogen) atoms. The first kappa shape index (κ1) is 13.0. The van der Waals surface area contributed by atoms with Crippen molar-refractivity contribution in [2.24, 2.45) is 5.92 Å². The third-order valence-electron chi connectivity index (χ3n) is 2.47. The molecule has 1 aromatic rings. The van der Waals surface area contributed by atoms with Gasteiger partial charge >= 0.3 is 5.97 Å². The molecule has 4 heteroatoms. The number of carboxylic acid groups (broad SMARTS) is 1. The topological polar surface area (TPSA) is 49.3 Å². The predicted octanol–water partition coefficient (Wildman–Crippen LogP) is 3.20. The zero-order valence-corrected chi connectivity index (χ0v) is 11.3. The Morgan fingerprint density at radius 3 is 2.38 bits per heavy atom. The maximum Gasteiger partial charge on any atom is 0.308 e. The first-order valence-corrected chi connectivity index (χ1v) is 5.94. The molecule has 0 heterocycles. The Balaban J connectivity index is 2.72. The molecular weight excluding hydrogens is 270 g/mol. The highest BCUT2D eigenvalue weighted by atomic mass is 79.9.